The van der Waals surface area contributed by atoms with Crippen molar-refractivity contribution in [2.75, 3.05) is 32.1 Å². The van der Waals surface area contributed by atoms with E-state index in [4.69, 9.17) is 4.74 Å². The van der Waals surface area contributed by atoms with Crippen LogP contribution in [0.2, 0.25) is 0 Å². The first-order valence-electron chi connectivity index (χ1n) is 6.05. The first-order chi connectivity index (χ1) is 8.61. The van der Waals surface area contributed by atoms with Gasteiger partial charge in [-0.15, -0.1) is 0 Å². The van der Waals surface area contributed by atoms with E-state index in [0.29, 0.717) is 6.42 Å². The van der Waals surface area contributed by atoms with Crippen LogP contribution in [0.15, 0.2) is 18.2 Å². The van der Waals surface area contributed by atoms with E-state index in [1.807, 2.05) is 6.07 Å². The average Bonchev–Trinajstić information content (AvgIpc) is 2.77. The smallest absolute Gasteiger partial charge is 0.226 e. The van der Waals surface area contributed by atoms with E-state index in [1.54, 1.807) is 18.8 Å². The molecule has 5 heteroatoms. The summed E-state index contributed by atoms with van der Waals surface area (Å²) >= 11 is 0. The summed E-state index contributed by atoms with van der Waals surface area (Å²) in [6.45, 7) is 1.76. The van der Waals surface area contributed by atoms with Gasteiger partial charge in [0.05, 0.1) is 7.11 Å². The molecule has 4 nitrogen and oxygen atoms in total. The number of amides is 1. The van der Waals surface area contributed by atoms with Gasteiger partial charge in [0.1, 0.15) is 5.75 Å². The van der Waals surface area contributed by atoms with Crippen molar-refractivity contribution in [1.29, 1.82) is 0 Å². The molecule has 0 radical (unpaired) electrons. The number of fused-ring (bicyclic) bond motifs is 1. The van der Waals surface area contributed by atoms with Gasteiger partial charge in [-0.2, -0.15) is 0 Å². The van der Waals surface area contributed by atoms with Crippen molar-refractivity contribution in [2.45, 2.75) is 12.8 Å². The van der Waals surface area contributed by atoms with Crippen LogP contribution >= 0.6 is 9.39 Å². The molecule has 0 saturated heterocycles. The number of methoxy groups -OCH3 is 1. The molecule has 98 valence electrons. The molecule has 0 aliphatic carbocycles. The second kappa shape index (κ2) is 5.57. The van der Waals surface area contributed by atoms with Crippen LogP contribution in [0.4, 0.5) is 5.69 Å². The molecule has 1 aromatic carbocycles. The Balaban J connectivity index is 2.01. The number of benzene rings is 1. The highest BCUT2D eigenvalue weighted by Crippen LogP contribution is 2.31. The van der Waals surface area contributed by atoms with Crippen molar-refractivity contribution in [3.8, 4) is 5.75 Å². The zero-order valence-electron chi connectivity index (χ0n) is 10.8. The molecule has 0 spiro atoms. The molecule has 0 aromatic heterocycles. The van der Waals surface area contributed by atoms with Gasteiger partial charge in [0.15, 0.2) is 0 Å². The Kier molecular flexibility index (Phi) is 4.07. The van der Waals surface area contributed by atoms with Crippen molar-refractivity contribution < 1.29 is 9.53 Å². The number of anilines is 1. The van der Waals surface area contributed by atoms with E-state index in [-0.39, 0.29) is 5.91 Å². The van der Waals surface area contributed by atoms with Crippen LogP contribution in [-0.4, -0.2) is 37.8 Å². The molecule has 1 atom stereocenters. The summed E-state index contributed by atoms with van der Waals surface area (Å²) in [5.41, 5.74) is 2.54. The van der Waals surface area contributed by atoms with E-state index in [9.17, 15) is 4.79 Å². The van der Waals surface area contributed by atoms with Crippen molar-refractivity contribution in [3.63, 3.8) is 0 Å². The molecule has 0 fully saturated rings. The number of carbonyl (C=O) groups excluding carboxylic acids is 1. The third-order valence-electron chi connectivity index (χ3n) is 3.27. The lowest BCUT2D eigenvalue weighted by molar-refractivity contribution is -0.125. The predicted octanol–water partition coefficient (Wildman–Crippen LogP) is 1.70. The zero-order chi connectivity index (χ0) is 13.1. The SMILES string of the molecule is COc1ccc2c(c1)CCN2CCC(=O)N(C)P. The van der Waals surface area contributed by atoms with Gasteiger partial charge in [0, 0.05) is 32.2 Å². The lowest BCUT2D eigenvalue weighted by Gasteiger charge is -2.20. The molecule has 0 bridgehead atoms. The largest absolute Gasteiger partial charge is 0.497 e. The van der Waals surface area contributed by atoms with Crippen molar-refractivity contribution in [3.05, 3.63) is 23.8 Å². The molecule has 1 unspecified atom stereocenters. The van der Waals surface area contributed by atoms with Crippen molar-refractivity contribution >= 4 is 21.0 Å². The lowest BCUT2D eigenvalue weighted by Crippen LogP contribution is -2.27. The van der Waals surface area contributed by atoms with Gasteiger partial charge >= 0.3 is 0 Å². The Morgan fingerprint density at radius 2 is 2.33 bits per heavy atom. The second-order valence-corrected chi connectivity index (χ2v) is 5.26. The van der Waals surface area contributed by atoms with Crippen LogP contribution in [0.5, 0.6) is 5.75 Å². The zero-order valence-corrected chi connectivity index (χ0v) is 12.0. The maximum Gasteiger partial charge on any atom is 0.226 e. The summed E-state index contributed by atoms with van der Waals surface area (Å²) in [5, 5.41) is 0. The Morgan fingerprint density at radius 1 is 1.56 bits per heavy atom. The highest BCUT2D eigenvalue weighted by Gasteiger charge is 2.20. The maximum absolute atomic E-state index is 11.6. The molecule has 1 heterocycles. The van der Waals surface area contributed by atoms with Crippen LogP contribution < -0.4 is 9.64 Å². The minimum absolute atomic E-state index is 0.141. The molecular weight excluding hydrogens is 247 g/mol. The minimum Gasteiger partial charge on any atom is -0.497 e. The van der Waals surface area contributed by atoms with Gasteiger partial charge in [-0.3, -0.25) is 4.79 Å². The quantitative estimate of drug-likeness (QED) is 0.778. The standard InChI is InChI=1S/C13H19N2O2P/c1-14(18)13(16)6-8-15-7-5-10-9-11(17-2)3-4-12(10)15/h3-4,9H,5-8,18H2,1-2H3. The third kappa shape index (κ3) is 2.75. The van der Waals surface area contributed by atoms with Gasteiger partial charge in [0.25, 0.3) is 0 Å². The van der Waals surface area contributed by atoms with E-state index >= 15 is 0 Å². The van der Waals surface area contributed by atoms with Gasteiger partial charge in [-0.1, -0.05) is 0 Å². The molecule has 0 N–H and O–H groups in total. The van der Waals surface area contributed by atoms with Gasteiger partial charge in [-0.05, 0) is 39.6 Å². The molecular formula is C13H19N2O2P. The van der Waals surface area contributed by atoms with Crippen LogP contribution in [-0.2, 0) is 11.2 Å². The van der Waals surface area contributed by atoms with Gasteiger partial charge in [0.2, 0.25) is 5.91 Å². The van der Waals surface area contributed by atoms with Crippen LogP contribution in [0.1, 0.15) is 12.0 Å². The Bertz CT molecular complexity index is 449. The molecule has 1 aromatic rings. The minimum atomic E-state index is 0.141. The summed E-state index contributed by atoms with van der Waals surface area (Å²) in [6, 6.07) is 6.13. The van der Waals surface area contributed by atoms with Crippen LogP contribution in [0.3, 0.4) is 0 Å². The molecule has 1 aliphatic rings. The number of nitrogens with zero attached hydrogens (tertiary/aromatic N) is 2. The fraction of sp³-hybridized carbons (Fsp3) is 0.462. The summed E-state index contributed by atoms with van der Waals surface area (Å²) in [4.78, 5) is 13.8. The Labute approximate surface area is 110 Å². The van der Waals surface area contributed by atoms with Crippen LogP contribution in [0.25, 0.3) is 0 Å². The highest BCUT2D eigenvalue weighted by atomic mass is 31.0. The van der Waals surface area contributed by atoms with Gasteiger partial charge in [-0.25, -0.2) is 0 Å². The van der Waals surface area contributed by atoms with E-state index in [1.165, 1.54) is 11.3 Å². The number of carbonyl (C=O) groups is 1. The van der Waals surface area contributed by atoms with E-state index < -0.39 is 0 Å². The molecule has 1 amide bonds. The van der Waals surface area contributed by atoms with Crippen molar-refractivity contribution in [1.82, 2.24) is 4.67 Å². The summed E-state index contributed by atoms with van der Waals surface area (Å²) in [7, 11) is 5.84. The number of ether oxygens (including phenoxy) is 1. The predicted molar refractivity (Wildman–Crippen MR) is 76.0 cm³/mol. The topological polar surface area (TPSA) is 32.8 Å². The number of hydrogen-bond acceptors (Lipinski definition) is 3. The average molecular weight is 266 g/mol. The normalized spacial score (nSPS) is 13.4. The molecule has 1 aliphatic heterocycles. The van der Waals surface area contributed by atoms with E-state index in [2.05, 4.69) is 26.4 Å². The molecule has 0 saturated carbocycles. The Morgan fingerprint density at radius 3 is 3.00 bits per heavy atom. The molecule has 18 heavy (non-hydrogen) atoms. The first kappa shape index (κ1) is 13.2. The second-order valence-electron chi connectivity index (χ2n) is 4.49. The fourth-order valence-electron chi connectivity index (χ4n) is 2.21. The van der Waals surface area contributed by atoms with E-state index in [0.717, 1.165) is 25.3 Å². The maximum atomic E-state index is 11.6. The molecule has 2 rings (SSSR count). The fourth-order valence-corrected chi connectivity index (χ4v) is 2.34. The number of hydrogen-bond donors (Lipinski definition) is 0. The van der Waals surface area contributed by atoms with Crippen molar-refractivity contribution in [2.24, 2.45) is 0 Å². The first-order valence-corrected chi connectivity index (χ1v) is 6.56. The third-order valence-corrected chi connectivity index (χ3v) is 3.56. The summed E-state index contributed by atoms with van der Waals surface area (Å²) in [6.07, 6.45) is 1.57. The lowest BCUT2D eigenvalue weighted by atomic mass is 10.1. The number of rotatable bonds is 4. The monoisotopic (exact) mass is 266 g/mol. The van der Waals surface area contributed by atoms with Crippen LogP contribution in [0, 0.1) is 0 Å². The summed E-state index contributed by atoms with van der Waals surface area (Å²) < 4.78 is 6.78. The Hall–Kier alpha value is -1.28. The highest BCUT2D eigenvalue weighted by molar-refractivity contribution is 7.14. The van der Waals surface area contributed by atoms with Gasteiger partial charge < -0.3 is 14.3 Å². The summed E-state index contributed by atoms with van der Waals surface area (Å²) in [5.74, 6) is 1.04.